The van der Waals surface area contributed by atoms with Crippen LogP contribution in [0.3, 0.4) is 0 Å². The van der Waals surface area contributed by atoms with Crippen molar-refractivity contribution in [1.82, 2.24) is 10.2 Å². The molecule has 0 spiro atoms. The maximum Gasteiger partial charge on any atom is 0.310 e. The molecule has 0 saturated heterocycles. The van der Waals surface area contributed by atoms with E-state index in [0.717, 1.165) is 5.69 Å². The average molecular weight is 251 g/mol. The lowest BCUT2D eigenvalue weighted by atomic mass is 9.92. The first-order valence-electron chi connectivity index (χ1n) is 5.94. The molecule has 0 aliphatic rings. The van der Waals surface area contributed by atoms with Crippen molar-refractivity contribution in [3.63, 3.8) is 0 Å². The van der Waals surface area contributed by atoms with Crippen LogP contribution in [0, 0.1) is 5.41 Å². The summed E-state index contributed by atoms with van der Waals surface area (Å²) in [6.07, 6.45) is 0. The van der Waals surface area contributed by atoms with Crippen LogP contribution in [0.1, 0.15) is 40.3 Å². The lowest BCUT2D eigenvalue weighted by molar-refractivity contribution is -0.146. The maximum absolute atomic E-state index is 11.0. The van der Waals surface area contributed by atoms with Crippen molar-refractivity contribution in [1.29, 1.82) is 0 Å². The number of carboxylic acids is 1. The van der Waals surface area contributed by atoms with Crippen LogP contribution in [0.5, 0.6) is 0 Å². The van der Waals surface area contributed by atoms with Gasteiger partial charge in [0.15, 0.2) is 0 Å². The Kier molecular flexibility index (Phi) is 3.94. The van der Waals surface area contributed by atoms with Crippen molar-refractivity contribution in [2.45, 2.75) is 40.0 Å². The van der Waals surface area contributed by atoms with E-state index in [1.165, 1.54) is 0 Å². The Morgan fingerprint density at radius 2 is 1.83 bits per heavy atom. The number of anilines is 1. The predicted octanol–water partition coefficient (Wildman–Crippen LogP) is 2.30. The third-order valence-corrected chi connectivity index (χ3v) is 2.72. The number of nitrogens with zero attached hydrogens (tertiary/aromatic N) is 2. The molecule has 1 heterocycles. The van der Waals surface area contributed by atoms with Gasteiger partial charge in [0.25, 0.3) is 0 Å². The Morgan fingerprint density at radius 1 is 1.22 bits per heavy atom. The highest BCUT2D eigenvalue weighted by molar-refractivity contribution is 5.74. The van der Waals surface area contributed by atoms with E-state index in [1.54, 1.807) is 13.8 Å². The molecule has 0 aromatic carbocycles. The molecule has 1 rings (SSSR count). The molecule has 0 amide bonds. The van der Waals surface area contributed by atoms with Gasteiger partial charge in [-0.05, 0) is 26.0 Å². The molecular weight excluding hydrogens is 230 g/mol. The fraction of sp³-hybridized carbons (Fsp3) is 0.615. The first-order valence-corrected chi connectivity index (χ1v) is 5.94. The van der Waals surface area contributed by atoms with Crippen LogP contribution in [0.4, 0.5) is 5.82 Å². The zero-order valence-electron chi connectivity index (χ0n) is 11.6. The average Bonchev–Trinajstić information content (AvgIpc) is 2.25. The highest BCUT2D eigenvalue weighted by Crippen LogP contribution is 2.20. The summed E-state index contributed by atoms with van der Waals surface area (Å²) in [5.74, 6) is -0.244. The van der Waals surface area contributed by atoms with Crippen LogP contribution in [0.2, 0.25) is 0 Å². The van der Waals surface area contributed by atoms with Gasteiger partial charge in [-0.15, -0.1) is 5.10 Å². The second-order valence-corrected chi connectivity index (χ2v) is 6.10. The molecule has 5 heteroatoms. The first kappa shape index (κ1) is 14.4. The minimum Gasteiger partial charge on any atom is -0.481 e. The van der Waals surface area contributed by atoms with Crippen LogP contribution in [-0.2, 0) is 10.2 Å². The number of hydrogen-bond acceptors (Lipinski definition) is 4. The van der Waals surface area contributed by atoms with Crippen LogP contribution in [-0.4, -0.2) is 27.8 Å². The van der Waals surface area contributed by atoms with Gasteiger partial charge >= 0.3 is 5.97 Å². The van der Waals surface area contributed by atoms with E-state index in [4.69, 9.17) is 5.11 Å². The lowest BCUT2D eigenvalue weighted by Gasteiger charge is -2.20. The first-order chi connectivity index (χ1) is 8.13. The summed E-state index contributed by atoms with van der Waals surface area (Å²) < 4.78 is 0. The topological polar surface area (TPSA) is 75.1 Å². The molecule has 18 heavy (non-hydrogen) atoms. The molecule has 0 saturated carbocycles. The molecule has 0 fully saturated rings. The predicted molar refractivity (Wildman–Crippen MR) is 70.6 cm³/mol. The van der Waals surface area contributed by atoms with Crippen LogP contribution in [0.25, 0.3) is 0 Å². The van der Waals surface area contributed by atoms with Gasteiger partial charge in [0, 0.05) is 12.0 Å². The Bertz CT molecular complexity index is 419. The molecule has 0 aliphatic carbocycles. The number of aromatic nitrogens is 2. The van der Waals surface area contributed by atoms with E-state index in [1.807, 2.05) is 12.1 Å². The second-order valence-electron chi connectivity index (χ2n) is 6.10. The molecule has 0 radical (unpaired) electrons. The minimum atomic E-state index is -0.839. The van der Waals surface area contributed by atoms with Crippen molar-refractivity contribution >= 4 is 11.8 Å². The van der Waals surface area contributed by atoms with E-state index in [0.29, 0.717) is 12.4 Å². The Morgan fingerprint density at radius 3 is 2.22 bits per heavy atom. The molecule has 0 atom stereocenters. The van der Waals surface area contributed by atoms with Gasteiger partial charge in [-0.3, -0.25) is 4.79 Å². The summed E-state index contributed by atoms with van der Waals surface area (Å²) in [5.41, 5.74) is 0.0431. The SMILES string of the molecule is CC(C)(CNc1ccc(C(C)(C)C)nn1)C(=O)O. The fourth-order valence-electron chi connectivity index (χ4n) is 1.21. The highest BCUT2D eigenvalue weighted by Gasteiger charge is 2.27. The van der Waals surface area contributed by atoms with Gasteiger partial charge in [0.1, 0.15) is 5.82 Å². The normalized spacial score (nSPS) is 12.3. The molecule has 0 aliphatic heterocycles. The van der Waals surface area contributed by atoms with Crippen LogP contribution >= 0.6 is 0 Å². The Labute approximate surface area is 108 Å². The number of rotatable bonds is 4. The molecule has 0 unspecified atom stereocenters. The molecule has 0 bridgehead atoms. The second kappa shape index (κ2) is 4.92. The van der Waals surface area contributed by atoms with E-state index in [9.17, 15) is 4.79 Å². The summed E-state index contributed by atoms with van der Waals surface area (Å²) >= 11 is 0. The Balaban J connectivity index is 2.68. The summed E-state index contributed by atoms with van der Waals surface area (Å²) in [6.45, 7) is 9.84. The highest BCUT2D eigenvalue weighted by atomic mass is 16.4. The summed E-state index contributed by atoms with van der Waals surface area (Å²) in [6, 6.07) is 3.73. The van der Waals surface area contributed by atoms with Crippen molar-refractivity contribution in [3.05, 3.63) is 17.8 Å². The van der Waals surface area contributed by atoms with Crippen molar-refractivity contribution in [2.24, 2.45) is 5.41 Å². The fourth-order valence-corrected chi connectivity index (χ4v) is 1.21. The number of aliphatic carboxylic acids is 1. The van der Waals surface area contributed by atoms with Gasteiger partial charge in [0.2, 0.25) is 0 Å². The summed E-state index contributed by atoms with van der Waals surface area (Å²) in [5, 5.41) is 20.2. The summed E-state index contributed by atoms with van der Waals surface area (Å²) in [7, 11) is 0. The smallest absolute Gasteiger partial charge is 0.310 e. The van der Waals surface area contributed by atoms with E-state index in [2.05, 4.69) is 36.3 Å². The van der Waals surface area contributed by atoms with Crippen molar-refractivity contribution in [2.75, 3.05) is 11.9 Å². The monoisotopic (exact) mass is 251 g/mol. The molecular formula is C13H21N3O2. The maximum atomic E-state index is 11.0. The van der Waals surface area contributed by atoms with Crippen molar-refractivity contribution < 1.29 is 9.90 Å². The van der Waals surface area contributed by atoms with Crippen molar-refractivity contribution in [3.8, 4) is 0 Å². The number of carbonyl (C=O) groups is 1. The molecule has 5 nitrogen and oxygen atoms in total. The standard InChI is InChI=1S/C13H21N3O2/c1-12(2,3)9-6-7-10(16-15-9)14-8-13(4,5)11(17)18/h6-7H,8H2,1-5H3,(H,14,16)(H,17,18). The van der Waals surface area contributed by atoms with E-state index < -0.39 is 11.4 Å². The zero-order chi connectivity index (χ0) is 14.0. The summed E-state index contributed by atoms with van der Waals surface area (Å²) in [4.78, 5) is 11.0. The third kappa shape index (κ3) is 3.68. The number of hydrogen-bond donors (Lipinski definition) is 2. The molecule has 100 valence electrons. The van der Waals surface area contributed by atoms with Gasteiger partial charge in [-0.2, -0.15) is 5.10 Å². The largest absolute Gasteiger partial charge is 0.481 e. The third-order valence-electron chi connectivity index (χ3n) is 2.72. The lowest BCUT2D eigenvalue weighted by Crippen LogP contribution is -2.32. The number of nitrogens with one attached hydrogen (secondary N) is 1. The molecule has 2 N–H and O–H groups in total. The Hall–Kier alpha value is -1.65. The van der Waals surface area contributed by atoms with Gasteiger partial charge in [-0.25, -0.2) is 0 Å². The van der Waals surface area contributed by atoms with Gasteiger partial charge in [0.05, 0.1) is 11.1 Å². The van der Waals surface area contributed by atoms with E-state index >= 15 is 0 Å². The van der Waals surface area contributed by atoms with Gasteiger partial charge in [-0.1, -0.05) is 20.8 Å². The zero-order valence-corrected chi connectivity index (χ0v) is 11.6. The molecule has 1 aromatic heterocycles. The van der Waals surface area contributed by atoms with Crippen LogP contribution in [0.15, 0.2) is 12.1 Å². The minimum absolute atomic E-state index is 0.0358. The van der Waals surface area contributed by atoms with Crippen LogP contribution < -0.4 is 5.32 Å². The number of carboxylic acid groups (broad SMARTS) is 1. The quantitative estimate of drug-likeness (QED) is 0.858. The molecule has 1 aromatic rings. The van der Waals surface area contributed by atoms with E-state index in [-0.39, 0.29) is 5.41 Å². The van der Waals surface area contributed by atoms with Gasteiger partial charge < -0.3 is 10.4 Å².